The molecule has 0 fully saturated rings. The number of hydrogen-bond donors (Lipinski definition) is 0. The van der Waals surface area contributed by atoms with E-state index in [4.69, 9.17) is 26.5 Å². The van der Waals surface area contributed by atoms with Crippen LogP contribution in [0.2, 0.25) is 0 Å². The molecule has 0 aliphatic heterocycles. The summed E-state index contributed by atoms with van der Waals surface area (Å²) in [5.74, 6) is 1.65. The summed E-state index contributed by atoms with van der Waals surface area (Å²) in [5.41, 5.74) is -1.00. The Balaban J connectivity index is 0.000000181. The third-order valence-corrected chi connectivity index (χ3v) is 13.6. The van der Waals surface area contributed by atoms with E-state index < -0.39 is 15.8 Å². The van der Waals surface area contributed by atoms with Gasteiger partial charge in [0.15, 0.2) is 0 Å². The van der Waals surface area contributed by atoms with E-state index >= 15 is 0 Å². The second-order valence-electron chi connectivity index (χ2n) is 11.4. The van der Waals surface area contributed by atoms with Gasteiger partial charge in [-0.15, -0.1) is 0 Å². The minimum atomic E-state index is -0.877. The normalized spacial score (nSPS) is 11.3. The third kappa shape index (κ3) is 10.0. The topological polar surface area (TPSA) is 117 Å². The predicted molar refractivity (Wildman–Crippen MR) is 221 cm³/mol. The molecule has 0 N–H and O–H groups in total. The van der Waals surface area contributed by atoms with Crippen molar-refractivity contribution >= 4 is 53.5 Å². The van der Waals surface area contributed by atoms with E-state index in [1.807, 2.05) is 0 Å². The van der Waals surface area contributed by atoms with Crippen molar-refractivity contribution in [1.82, 2.24) is 0 Å². The number of hydrogen-bond acceptors (Lipinski definition) is 4. The van der Waals surface area contributed by atoms with Gasteiger partial charge in [-0.05, 0) is 72.8 Å². The molecule has 0 saturated carbocycles. The molecule has 0 atom stereocenters. The Kier molecular flexibility index (Phi) is 16.1. The smallest absolute Gasteiger partial charge is 0.763 e. The largest absolute Gasteiger partial charge is 1.00 e. The molecule has 0 saturated heterocycles. The zero-order valence-electron chi connectivity index (χ0n) is 28.9. The Morgan fingerprint density at radius 2 is 0.500 bits per heavy atom. The summed E-state index contributed by atoms with van der Waals surface area (Å²) in [6.07, 6.45) is 0. The second-order valence-corrected chi connectivity index (χ2v) is 16.3. The maximum Gasteiger partial charge on any atom is 1.00 e. The molecule has 0 heterocycles. The summed E-state index contributed by atoms with van der Waals surface area (Å²) < 4.78 is 0. The monoisotopic (exact) mass is 913 g/mol. The molecule has 1 aliphatic carbocycles. The van der Waals surface area contributed by atoms with Gasteiger partial charge >= 0.3 is 22.4 Å². The van der Waals surface area contributed by atoms with Gasteiger partial charge in [-0.1, -0.05) is 109 Å². The molecule has 0 amide bonds. The first-order valence-electron chi connectivity index (χ1n) is 16.6. The third-order valence-electron chi connectivity index (χ3n) is 8.18. The zero-order chi connectivity index (χ0) is 37.3. The van der Waals surface area contributed by atoms with Crippen LogP contribution in [-0.2, 0) is 22.4 Å². The van der Waals surface area contributed by atoms with Gasteiger partial charge in [0.2, 0.25) is 0 Å². The molecule has 7 rings (SSSR count). The molecule has 54 heavy (non-hydrogen) atoms. The summed E-state index contributed by atoms with van der Waals surface area (Å²) in [7, 11) is -1.75. The minimum absolute atomic E-state index is 0. The van der Waals surface area contributed by atoms with Crippen LogP contribution < -0.4 is 31.8 Å². The maximum atomic E-state index is 8.72. The van der Waals surface area contributed by atoms with Crippen molar-refractivity contribution in [2.45, 2.75) is 0 Å². The Bertz CT molecular complexity index is 2070. The van der Waals surface area contributed by atoms with E-state index in [0.717, 1.165) is 0 Å². The van der Waals surface area contributed by atoms with Gasteiger partial charge in [0, 0.05) is 5.57 Å². The second kappa shape index (κ2) is 21.4. The minimum Gasteiger partial charge on any atom is -0.763 e. The van der Waals surface area contributed by atoms with E-state index in [1.165, 1.54) is 31.8 Å². The standard InChI is InChI=1S/2C18H15P.C10N5.Au/c2*1-4-10-16(11-5-1)19(17-12-6-2-7-13-17)18-14-8-3-9-15-18;11-1-6-7(2-12)9(4-14)10(5-15)8(6)3-13;/h2*1-15H;;/q;;-1;+1/p+2. The molecular formula is C46H32AuN5P2+2. The Morgan fingerprint density at radius 1 is 0.315 bits per heavy atom. The Hall–Kier alpha value is -6.19. The number of nitriles is 4. The van der Waals surface area contributed by atoms with Crippen LogP contribution in [0.15, 0.2) is 210 Å². The SMILES string of the molecule is N#CC1=C(C#N)C(C#N)=C(C#N)C1=C=[N-].[Au+].c1ccc([PH+](c2ccccc2)c2ccccc2)cc1.c1ccc([PH+](c2ccccc2)c2ccccc2)cc1. The molecule has 6 aromatic rings. The van der Waals surface area contributed by atoms with Crippen LogP contribution in [0, 0.1) is 45.3 Å². The average molecular weight is 914 g/mol. The van der Waals surface area contributed by atoms with Crippen LogP contribution in [0.1, 0.15) is 0 Å². The van der Waals surface area contributed by atoms with E-state index in [0.29, 0.717) is 0 Å². The van der Waals surface area contributed by atoms with Gasteiger partial charge < -0.3 is 5.41 Å². The van der Waals surface area contributed by atoms with Gasteiger partial charge in [-0.2, -0.15) is 21.0 Å². The summed E-state index contributed by atoms with van der Waals surface area (Å²) >= 11 is 0. The fourth-order valence-electron chi connectivity index (χ4n) is 5.81. The molecule has 0 bridgehead atoms. The summed E-state index contributed by atoms with van der Waals surface area (Å²) in [6.45, 7) is 0. The van der Waals surface area contributed by atoms with E-state index in [-0.39, 0.29) is 50.2 Å². The van der Waals surface area contributed by atoms with Crippen LogP contribution in [0.4, 0.5) is 0 Å². The van der Waals surface area contributed by atoms with Crippen molar-refractivity contribution in [2.75, 3.05) is 0 Å². The number of nitrogens with zero attached hydrogens (tertiary/aromatic N) is 5. The first-order valence-corrected chi connectivity index (χ1v) is 19.6. The van der Waals surface area contributed by atoms with Crippen molar-refractivity contribution in [3.63, 3.8) is 0 Å². The fourth-order valence-corrected chi connectivity index (χ4v) is 11.0. The molecule has 0 aromatic heterocycles. The molecular weight excluding hydrogens is 881 g/mol. The molecule has 260 valence electrons. The number of benzene rings is 6. The Morgan fingerprint density at radius 3 is 0.648 bits per heavy atom. The van der Waals surface area contributed by atoms with E-state index in [1.54, 1.807) is 30.1 Å². The first kappa shape index (κ1) is 40.6. The van der Waals surface area contributed by atoms with Crippen molar-refractivity contribution in [3.8, 4) is 24.3 Å². The Labute approximate surface area is 334 Å². The maximum absolute atomic E-state index is 8.72. The zero-order valence-corrected chi connectivity index (χ0v) is 33.0. The van der Waals surface area contributed by atoms with Crippen molar-refractivity contribution in [2.24, 2.45) is 0 Å². The van der Waals surface area contributed by atoms with Gasteiger partial charge in [0.1, 0.15) is 56.1 Å². The van der Waals surface area contributed by atoms with Crippen molar-refractivity contribution < 1.29 is 22.4 Å². The van der Waals surface area contributed by atoms with Crippen LogP contribution in [0.3, 0.4) is 0 Å². The summed E-state index contributed by atoms with van der Waals surface area (Å²) in [5, 5.41) is 52.2. The molecule has 5 nitrogen and oxygen atoms in total. The number of rotatable bonds is 6. The molecule has 6 aromatic carbocycles. The number of allylic oxidation sites excluding steroid dienone is 5. The van der Waals surface area contributed by atoms with Crippen molar-refractivity contribution in [3.05, 3.63) is 215 Å². The predicted octanol–water partition coefficient (Wildman–Crippen LogP) is 7.20. The van der Waals surface area contributed by atoms with Gasteiger partial charge in [0.05, 0.1) is 38.1 Å². The van der Waals surface area contributed by atoms with Gasteiger partial charge in [-0.3, -0.25) is 5.87 Å². The molecule has 8 heteroatoms. The summed E-state index contributed by atoms with van der Waals surface area (Å²) in [4.78, 5) is 0. The van der Waals surface area contributed by atoms with E-state index in [2.05, 4.69) is 182 Å². The van der Waals surface area contributed by atoms with Crippen LogP contribution >= 0.6 is 15.8 Å². The van der Waals surface area contributed by atoms with Crippen LogP contribution in [0.25, 0.3) is 5.41 Å². The molecule has 1 aliphatic rings. The molecule has 0 radical (unpaired) electrons. The van der Waals surface area contributed by atoms with E-state index in [9.17, 15) is 0 Å². The average Bonchev–Trinajstić information content (AvgIpc) is 3.56. The van der Waals surface area contributed by atoms with Crippen molar-refractivity contribution in [1.29, 1.82) is 21.0 Å². The quantitative estimate of drug-likeness (QED) is 0.0999. The summed E-state index contributed by atoms with van der Waals surface area (Å²) in [6, 6.07) is 71.6. The molecule has 0 unspecified atom stereocenters. The van der Waals surface area contributed by atoms with Gasteiger partial charge in [-0.25, -0.2) is 0 Å². The van der Waals surface area contributed by atoms with Gasteiger partial charge in [0.25, 0.3) is 0 Å². The molecule has 0 spiro atoms. The fraction of sp³-hybridized carbons (Fsp3) is 0. The first-order chi connectivity index (χ1) is 26.1. The van der Waals surface area contributed by atoms with Crippen LogP contribution in [0.5, 0.6) is 0 Å². The van der Waals surface area contributed by atoms with Crippen LogP contribution in [-0.4, -0.2) is 5.87 Å².